The first-order valence-corrected chi connectivity index (χ1v) is 15.6. The molecule has 0 aliphatic carbocycles. The number of hydrogen-bond donors (Lipinski definition) is 0. The van der Waals surface area contributed by atoms with Crippen LogP contribution in [0.5, 0.6) is 0 Å². The van der Waals surface area contributed by atoms with Crippen LogP contribution >= 0.6 is 35.0 Å². The number of hydrogen-bond acceptors (Lipinski definition) is 7. The number of ether oxygens (including phenoxy) is 2. The normalized spacial score (nSPS) is 12.7. The minimum absolute atomic E-state index is 0.272. The molecule has 218 valence electrons. The van der Waals surface area contributed by atoms with E-state index in [2.05, 4.69) is 9.78 Å². The van der Waals surface area contributed by atoms with Crippen LogP contribution in [0, 0.1) is 0 Å². The maximum absolute atomic E-state index is 13.0. The van der Waals surface area contributed by atoms with Gasteiger partial charge >= 0.3 is 11.9 Å². The van der Waals surface area contributed by atoms with Crippen LogP contribution < -0.4 is 0 Å². The van der Waals surface area contributed by atoms with Crippen molar-refractivity contribution in [3.63, 3.8) is 0 Å². The second-order valence-electron chi connectivity index (χ2n) is 10.1. The van der Waals surface area contributed by atoms with Crippen molar-refractivity contribution in [3.05, 3.63) is 57.3 Å². The summed E-state index contributed by atoms with van der Waals surface area (Å²) in [7, 11) is 5.16. The molecule has 0 amide bonds. The lowest BCUT2D eigenvalue weighted by atomic mass is 9.97. The fourth-order valence-electron chi connectivity index (χ4n) is 5.71. The van der Waals surface area contributed by atoms with Gasteiger partial charge in [-0.2, -0.15) is 10.2 Å². The van der Waals surface area contributed by atoms with E-state index in [1.807, 2.05) is 41.5 Å². The minimum atomic E-state index is -0.420. The van der Waals surface area contributed by atoms with Crippen molar-refractivity contribution in [2.45, 2.75) is 56.5 Å². The molecule has 0 atom stereocenters. The summed E-state index contributed by atoms with van der Waals surface area (Å²) in [6.07, 6.45) is 3.04. The van der Waals surface area contributed by atoms with Gasteiger partial charge in [-0.25, -0.2) is 4.79 Å². The SMILES string of the molecule is COC(=O)c1c(CCCOC(C)=O)c2ccc(Cl)c(-c3c(CSCc4cc(CCl)n(C)n4)nn4c3CCC4)c2n1C. The molecule has 0 unspecified atom stereocenters. The third kappa shape index (κ3) is 5.74. The number of methoxy groups -OCH3 is 1. The number of esters is 2. The Morgan fingerprint density at radius 3 is 2.66 bits per heavy atom. The summed E-state index contributed by atoms with van der Waals surface area (Å²) in [4.78, 5) is 24.3. The third-order valence-electron chi connectivity index (χ3n) is 7.48. The Morgan fingerprint density at radius 1 is 1.15 bits per heavy atom. The van der Waals surface area contributed by atoms with Gasteiger partial charge in [0.2, 0.25) is 0 Å². The Hall–Kier alpha value is -2.95. The van der Waals surface area contributed by atoms with E-state index in [1.54, 1.807) is 11.8 Å². The Bertz CT molecular complexity index is 1620. The van der Waals surface area contributed by atoms with Crippen molar-refractivity contribution in [1.82, 2.24) is 24.1 Å². The highest BCUT2D eigenvalue weighted by Crippen LogP contribution is 2.44. The number of carbonyl (C=O) groups is 2. The highest BCUT2D eigenvalue weighted by molar-refractivity contribution is 7.97. The fraction of sp³-hybridized carbons (Fsp3) is 0.448. The molecular weight excluding hydrogens is 585 g/mol. The first-order valence-electron chi connectivity index (χ1n) is 13.5. The lowest BCUT2D eigenvalue weighted by Gasteiger charge is -2.12. The molecule has 4 heterocycles. The number of alkyl halides is 1. The van der Waals surface area contributed by atoms with Crippen LogP contribution in [0.2, 0.25) is 5.02 Å². The highest BCUT2D eigenvalue weighted by atomic mass is 35.5. The summed E-state index contributed by atoms with van der Waals surface area (Å²) >= 11 is 14.8. The number of fused-ring (bicyclic) bond motifs is 2. The van der Waals surface area contributed by atoms with Gasteiger partial charge in [0.1, 0.15) is 5.69 Å². The molecule has 0 N–H and O–H groups in total. The molecule has 0 bridgehead atoms. The second-order valence-corrected chi connectivity index (χ2v) is 11.8. The van der Waals surface area contributed by atoms with Crippen molar-refractivity contribution in [3.8, 4) is 11.1 Å². The molecular formula is C29H33Cl2N5O4S. The van der Waals surface area contributed by atoms with Crippen molar-refractivity contribution < 1.29 is 19.1 Å². The lowest BCUT2D eigenvalue weighted by molar-refractivity contribution is -0.141. The van der Waals surface area contributed by atoms with Gasteiger partial charge in [-0.05, 0) is 43.4 Å². The van der Waals surface area contributed by atoms with Crippen LogP contribution in [0.1, 0.15) is 58.6 Å². The van der Waals surface area contributed by atoms with E-state index in [0.29, 0.717) is 35.2 Å². The molecule has 5 rings (SSSR count). The largest absolute Gasteiger partial charge is 0.466 e. The molecule has 1 aliphatic heterocycles. The van der Waals surface area contributed by atoms with E-state index in [0.717, 1.165) is 75.5 Å². The van der Waals surface area contributed by atoms with Gasteiger partial charge in [0, 0.05) is 61.3 Å². The number of nitrogens with zero attached hydrogens (tertiary/aromatic N) is 5. The van der Waals surface area contributed by atoms with E-state index in [1.165, 1.54) is 14.0 Å². The Balaban J connectivity index is 1.57. The van der Waals surface area contributed by atoms with E-state index >= 15 is 0 Å². The van der Waals surface area contributed by atoms with Crippen LogP contribution in [0.25, 0.3) is 22.0 Å². The van der Waals surface area contributed by atoms with E-state index in [9.17, 15) is 9.59 Å². The quantitative estimate of drug-likeness (QED) is 0.119. The molecule has 4 aromatic rings. The van der Waals surface area contributed by atoms with Gasteiger partial charge in [0.05, 0.1) is 47.2 Å². The molecule has 0 radical (unpaired) electrons. The van der Waals surface area contributed by atoms with E-state index in [4.69, 9.17) is 37.8 Å². The number of aryl methyl sites for hydroxylation is 4. The summed E-state index contributed by atoms with van der Waals surface area (Å²) in [5.41, 5.74) is 8.19. The first-order chi connectivity index (χ1) is 19.7. The number of carbonyl (C=O) groups excluding carboxylic acids is 2. The summed E-state index contributed by atoms with van der Waals surface area (Å²) in [5, 5.41) is 11.1. The number of halogens is 2. The van der Waals surface area contributed by atoms with Gasteiger partial charge in [-0.3, -0.25) is 14.2 Å². The van der Waals surface area contributed by atoms with Crippen LogP contribution in [-0.4, -0.2) is 49.8 Å². The Morgan fingerprint density at radius 2 is 1.95 bits per heavy atom. The predicted molar refractivity (Wildman–Crippen MR) is 162 cm³/mol. The van der Waals surface area contributed by atoms with Crippen LogP contribution in [-0.2, 0) is 65.1 Å². The number of rotatable bonds is 11. The van der Waals surface area contributed by atoms with Gasteiger partial charge in [-0.1, -0.05) is 17.7 Å². The molecule has 9 nitrogen and oxygen atoms in total. The van der Waals surface area contributed by atoms with Crippen molar-refractivity contribution in [2.24, 2.45) is 14.1 Å². The fourth-order valence-corrected chi connectivity index (χ4v) is 7.05. The molecule has 1 aliphatic rings. The van der Waals surface area contributed by atoms with Crippen LogP contribution in [0.3, 0.4) is 0 Å². The standard InChI is InChI=1S/C29H33Cl2N5O4S/c1-17(37)40-12-6-7-20-21-9-10-22(31)25(27(21)34(2)28(20)29(38)39-4)26-23(33-36-11-5-8-24(26)36)16-41-15-18-13-19(14-30)35(3)32-18/h9-10,13H,5-8,11-12,14-16H2,1-4H3. The van der Waals surface area contributed by atoms with E-state index in [-0.39, 0.29) is 12.6 Å². The molecule has 1 aromatic carbocycles. The first kappa shape index (κ1) is 29.5. The van der Waals surface area contributed by atoms with Gasteiger partial charge < -0.3 is 14.0 Å². The second kappa shape index (κ2) is 12.5. The van der Waals surface area contributed by atoms with Gasteiger partial charge in [-0.15, -0.1) is 23.4 Å². The van der Waals surface area contributed by atoms with Gasteiger partial charge in [0.25, 0.3) is 0 Å². The average Bonchev–Trinajstić information content (AvgIpc) is 3.69. The Labute approximate surface area is 253 Å². The third-order valence-corrected chi connectivity index (χ3v) is 9.05. The van der Waals surface area contributed by atoms with Gasteiger partial charge in [0.15, 0.2) is 0 Å². The number of aromatic nitrogens is 5. The highest BCUT2D eigenvalue weighted by Gasteiger charge is 2.30. The summed E-state index contributed by atoms with van der Waals surface area (Å²) in [5.74, 6) is 1.08. The topological polar surface area (TPSA) is 93.2 Å². The molecule has 0 saturated heterocycles. The molecule has 3 aromatic heterocycles. The smallest absolute Gasteiger partial charge is 0.354 e. The summed E-state index contributed by atoms with van der Waals surface area (Å²) in [6.45, 7) is 2.52. The number of thioether (sulfide) groups is 1. The zero-order valence-corrected chi connectivity index (χ0v) is 26.0. The number of benzene rings is 1. The van der Waals surface area contributed by atoms with Crippen molar-refractivity contribution in [2.75, 3.05) is 13.7 Å². The molecule has 0 saturated carbocycles. The molecule has 0 fully saturated rings. The van der Waals surface area contributed by atoms with Crippen LogP contribution in [0.15, 0.2) is 18.2 Å². The molecule has 0 spiro atoms. The Kier molecular flexibility index (Phi) is 9.01. The summed E-state index contributed by atoms with van der Waals surface area (Å²) < 4.78 is 16.1. The van der Waals surface area contributed by atoms with Crippen LogP contribution in [0.4, 0.5) is 0 Å². The van der Waals surface area contributed by atoms with E-state index < -0.39 is 5.97 Å². The predicted octanol–water partition coefficient (Wildman–Crippen LogP) is 5.83. The lowest BCUT2D eigenvalue weighted by Crippen LogP contribution is -2.11. The zero-order valence-electron chi connectivity index (χ0n) is 23.6. The summed E-state index contributed by atoms with van der Waals surface area (Å²) in [6, 6.07) is 5.89. The molecule has 41 heavy (non-hydrogen) atoms. The monoisotopic (exact) mass is 617 g/mol. The van der Waals surface area contributed by atoms with Crippen molar-refractivity contribution >= 4 is 57.8 Å². The molecule has 12 heteroatoms. The minimum Gasteiger partial charge on any atom is -0.466 e. The zero-order chi connectivity index (χ0) is 29.3. The average molecular weight is 619 g/mol. The maximum Gasteiger partial charge on any atom is 0.354 e. The van der Waals surface area contributed by atoms with Crippen molar-refractivity contribution in [1.29, 1.82) is 0 Å². The maximum atomic E-state index is 13.0.